The van der Waals surface area contributed by atoms with Crippen molar-refractivity contribution in [3.05, 3.63) is 42.6 Å². The number of rotatable bonds is 4. The van der Waals surface area contributed by atoms with Gasteiger partial charge in [-0.05, 0) is 38.0 Å². The second-order valence-electron chi connectivity index (χ2n) is 6.77. The van der Waals surface area contributed by atoms with Gasteiger partial charge >= 0.3 is 6.09 Å². The first kappa shape index (κ1) is 18.1. The lowest BCUT2D eigenvalue weighted by Crippen LogP contribution is -2.49. The van der Waals surface area contributed by atoms with Gasteiger partial charge in [-0.2, -0.15) is 0 Å². The second kappa shape index (κ2) is 7.41. The number of fused-ring (bicyclic) bond motifs is 1. The summed E-state index contributed by atoms with van der Waals surface area (Å²) in [5.41, 5.74) is 1.21. The molecule has 3 aromatic rings. The van der Waals surface area contributed by atoms with Crippen LogP contribution in [0.1, 0.15) is 19.8 Å². The van der Waals surface area contributed by atoms with E-state index in [2.05, 4.69) is 19.9 Å². The quantitative estimate of drug-likeness (QED) is 0.744. The van der Waals surface area contributed by atoms with Crippen LogP contribution in [0.5, 0.6) is 0 Å². The molecule has 0 unspecified atom stereocenters. The molecular weight excluding hydrogens is 363 g/mol. The minimum atomic E-state index is -0.892. The number of nitrogens with zero attached hydrogens (tertiary/aromatic N) is 6. The molecule has 0 saturated carbocycles. The standard InChI is InChI=1S/C19H21FN6O2/c1-2-25(14-4-3-9-24(12-14)19(27)28)17-7-8-21-18(23-17)15-10-22-16-6-5-13(20)11-26(15)16/h5-8,10-11,14H,2-4,9,12H2,1H3,(H,27,28)/t14-/m1/s1. The minimum Gasteiger partial charge on any atom is -0.465 e. The first-order valence-electron chi connectivity index (χ1n) is 9.27. The molecule has 0 spiro atoms. The van der Waals surface area contributed by atoms with Gasteiger partial charge in [0.25, 0.3) is 0 Å². The van der Waals surface area contributed by atoms with E-state index in [9.17, 15) is 14.3 Å². The summed E-state index contributed by atoms with van der Waals surface area (Å²) in [6.07, 6.45) is 5.47. The number of imidazole rings is 1. The summed E-state index contributed by atoms with van der Waals surface area (Å²) in [5.74, 6) is 0.796. The lowest BCUT2D eigenvalue weighted by molar-refractivity contribution is 0.130. The molecule has 9 heteroatoms. The highest BCUT2D eigenvalue weighted by molar-refractivity contribution is 5.65. The van der Waals surface area contributed by atoms with Crippen LogP contribution in [0.25, 0.3) is 17.2 Å². The lowest BCUT2D eigenvalue weighted by atomic mass is 10.0. The average Bonchev–Trinajstić information content (AvgIpc) is 3.12. The smallest absolute Gasteiger partial charge is 0.407 e. The van der Waals surface area contributed by atoms with Crippen LogP contribution >= 0.6 is 0 Å². The zero-order valence-electron chi connectivity index (χ0n) is 15.5. The maximum Gasteiger partial charge on any atom is 0.407 e. The van der Waals surface area contributed by atoms with E-state index >= 15 is 0 Å². The highest BCUT2D eigenvalue weighted by Crippen LogP contribution is 2.24. The van der Waals surface area contributed by atoms with Crippen LogP contribution in [-0.4, -0.2) is 61.1 Å². The molecule has 1 atom stereocenters. The van der Waals surface area contributed by atoms with Gasteiger partial charge in [-0.25, -0.2) is 24.1 Å². The van der Waals surface area contributed by atoms with E-state index in [0.29, 0.717) is 36.8 Å². The highest BCUT2D eigenvalue weighted by Gasteiger charge is 2.28. The summed E-state index contributed by atoms with van der Waals surface area (Å²) in [4.78, 5) is 28.2. The molecular formula is C19H21FN6O2. The predicted octanol–water partition coefficient (Wildman–Crippen LogP) is 2.90. The van der Waals surface area contributed by atoms with Gasteiger partial charge in [-0.1, -0.05) is 0 Å². The molecule has 1 N–H and O–H groups in total. The van der Waals surface area contributed by atoms with Crippen LogP contribution in [0.4, 0.5) is 15.0 Å². The fraction of sp³-hybridized carbons (Fsp3) is 0.368. The topological polar surface area (TPSA) is 86.9 Å². The molecule has 4 heterocycles. The number of piperidine rings is 1. The zero-order chi connectivity index (χ0) is 19.7. The fourth-order valence-electron chi connectivity index (χ4n) is 3.74. The van der Waals surface area contributed by atoms with Crippen molar-refractivity contribution in [3.63, 3.8) is 0 Å². The number of likely N-dealkylation sites (tertiary alicyclic amines) is 1. The Balaban J connectivity index is 1.67. The summed E-state index contributed by atoms with van der Waals surface area (Å²) in [5, 5.41) is 9.31. The number of aromatic nitrogens is 4. The van der Waals surface area contributed by atoms with Crippen LogP contribution in [0.2, 0.25) is 0 Å². The van der Waals surface area contributed by atoms with Crippen molar-refractivity contribution in [2.75, 3.05) is 24.5 Å². The van der Waals surface area contributed by atoms with Crippen LogP contribution in [0.15, 0.2) is 36.8 Å². The third kappa shape index (κ3) is 3.35. The summed E-state index contributed by atoms with van der Waals surface area (Å²) >= 11 is 0. The van der Waals surface area contributed by atoms with E-state index in [4.69, 9.17) is 0 Å². The third-order valence-corrected chi connectivity index (χ3v) is 5.08. The first-order chi connectivity index (χ1) is 13.6. The average molecular weight is 384 g/mol. The van der Waals surface area contributed by atoms with Crippen molar-refractivity contribution in [2.45, 2.75) is 25.8 Å². The van der Waals surface area contributed by atoms with Crippen LogP contribution < -0.4 is 4.90 Å². The molecule has 3 aromatic heterocycles. The van der Waals surface area contributed by atoms with Gasteiger partial charge in [0.1, 0.15) is 23.0 Å². The number of anilines is 1. The van der Waals surface area contributed by atoms with Crippen molar-refractivity contribution in [1.82, 2.24) is 24.3 Å². The number of pyridine rings is 1. The Bertz CT molecular complexity index is 1010. The number of carboxylic acid groups (broad SMARTS) is 1. The number of hydrogen-bond acceptors (Lipinski definition) is 5. The molecule has 1 aliphatic rings. The molecule has 0 bridgehead atoms. The highest BCUT2D eigenvalue weighted by atomic mass is 19.1. The van der Waals surface area contributed by atoms with E-state index in [1.165, 1.54) is 17.2 Å². The monoisotopic (exact) mass is 384 g/mol. The zero-order valence-corrected chi connectivity index (χ0v) is 15.5. The van der Waals surface area contributed by atoms with Crippen LogP contribution in [-0.2, 0) is 0 Å². The molecule has 0 radical (unpaired) electrons. The van der Waals surface area contributed by atoms with Crippen LogP contribution in [0, 0.1) is 5.82 Å². The number of amides is 1. The van der Waals surface area contributed by atoms with E-state index in [0.717, 1.165) is 18.7 Å². The van der Waals surface area contributed by atoms with Crippen molar-refractivity contribution >= 4 is 17.6 Å². The van der Waals surface area contributed by atoms with Crippen molar-refractivity contribution in [2.24, 2.45) is 0 Å². The SMILES string of the molecule is CCN(c1ccnc(-c2cnc3ccc(F)cn23)n1)[C@@H]1CCCN(C(=O)O)C1. The summed E-state index contributed by atoms with van der Waals surface area (Å²) in [7, 11) is 0. The molecule has 1 saturated heterocycles. The maximum absolute atomic E-state index is 13.7. The lowest BCUT2D eigenvalue weighted by Gasteiger charge is -2.38. The Morgan fingerprint density at radius 2 is 2.21 bits per heavy atom. The maximum atomic E-state index is 13.7. The largest absolute Gasteiger partial charge is 0.465 e. The predicted molar refractivity (Wildman–Crippen MR) is 102 cm³/mol. The van der Waals surface area contributed by atoms with Crippen LogP contribution in [0.3, 0.4) is 0 Å². The van der Waals surface area contributed by atoms with Gasteiger partial charge < -0.3 is 14.9 Å². The summed E-state index contributed by atoms with van der Waals surface area (Å²) in [6, 6.07) is 4.83. The van der Waals surface area contributed by atoms with Gasteiger partial charge in [-0.3, -0.25) is 4.40 Å². The minimum absolute atomic E-state index is 0.0530. The number of hydrogen-bond donors (Lipinski definition) is 1. The van der Waals surface area contributed by atoms with E-state index in [1.54, 1.807) is 22.9 Å². The Hall–Kier alpha value is -3.23. The van der Waals surface area contributed by atoms with Crippen molar-refractivity contribution in [3.8, 4) is 11.5 Å². The van der Waals surface area contributed by atoms with Gasteiger partial charge in [-0.15, -0.1) is 0 Å². The number of carbonyl (C=O) groups is 1. The number of likely N-dealkylation sites (N-methyl/N-ethyl adjacent to an activating group) is 1. The molecule has 0 aliphatic carbocycles. The van der Waals surface area contributed by atoms with Gasteiger partial charge in [0.15, 0.2) is 5.82 Å². The molecule has 1 aliphatic heterocycles. The first-order valence-corrected chi connectivity index (χ1v) is 9.27. The second-order valence-corrected chi connectivity index (χ2v) is 6.77. The Kier molecular flexibility index (Phi) is 4.81. The summed E-state index contributed by atoms with van der Waals surface area (Å²) in [6.45, 7) is 3.72. The Labute approximate surface area is 161 Å². The van der Waals surface area contributed by atoms with Gasteiger partial charge in [0.05, 0.1) is 6.20 Å². The van der Waals surface area contributed by atoms with E-state index < -0.39 is 6.09 Å². The van der Waals surface area contributed by atoms with E-state index in [1.807, 2.05) is 13.0 Å². The molecule has 0 aromatic carbocycles. The molecule has 1 fully saturated rings. The molecule has 1 amide bonds. The van der Waals surface area contributed by atoms with Gasteiger partial charge in [0, 0.05) is 38.1 Å². The Morgan fingerprint density at radius 3 is 3.00 bits per heavy atom. The van der Waals surface area contributed by atoms with E-state index in [-0.39, 0.29) is 11.9 Å². The molecule has 146 valence electrons. The molecule has 4 rings (SSSR count). The van der Waals surface area contributed by atoms with Crippen molar-refractivity contribution in [1.29, 1.82) is 0 Å². The Morgan fingerprint density at radius 1 is 1.36 bits per heavy atom. The number of halogens is 1. The summed E-state index contributed by atoms with van der Waals surface area (Å²) < 4.78 is 15.3. The molecule has 28 heavy (non-hydrogen) atoms. The third-order valence-electron chi connectivity index (χ3n) is 5.08. The fourth-order valence-corrected chi connectivity index (χ4v) is 3.74. The molecule has 8 nitrogen and oxygen atoms in total. The van der Waals surface area contributed by atoms with Crippen molar-refractivity contribution < 1.29 is 14.3 Å². The van der Waals surface area contributed by atoms with Gasteiger partial charge in [0.2, 0.25) is 0 Å². The normalized spacial score (nSPS) is 17.1.